The average molecular weight is 434 g/mol. The van der Waals surface area contributed by atoms with E-state index in [1.807, 2.05) is 41.2 Å². The van der Waals surface area contributed by atoms with Crippen molar-refractivity contribution in [3.05, 3.63) is 53.9 Å². The van der Waals surface area contributed by atoms with Gasteiger partial charge in [-0.25, -0.2) is 4.98 Å². The summed E-state index contributed by atoms with van der Waals surface area (Å²) in [6.45, 7) is 0.614. The number of carbonyl (C=O) groups is 1. The second-order valence-electron chi connectivity index (χ2n) is 8.49. The topological polar surface area (TPSA) is 72.3 Å². The van der Waals surface area contributed by atoms with Crippen LogP contribution >= 0.6 is 0 Å². The Balaban J connectivity index is 1.72. The molecule has 2 aromatic heterocycles. The molecule has 1 N–H and O–H groups in total. The number of pyridine rings is 1. The number of hydrogen-bond acceptors (Lipinski definition) is 5. The standard InChI is InChI=1S/C25H31N5O2/c1-29(2)23(31)14-13-21-24-22(15-16-26-25(24)27-19-7-5-4-6-8-19)30(28-21)17-18-9-11-20(32-3)12-10-18/h9-16,19H,4-8,17H2,1-3H3,(H,26,27)/b14-13+. The number of likely N-dealkylation sites (N-methyl/N-ethyl adjacent to an activating group) is 1. The van der Waals surface area contributed by atoms with E-state index in [2.05, 4.69) is 10.3 Å². The first-order chi connectivity index (χ1) is 15.5. The van der Waals surface area contributed by atoms with Gasteiger partial charge in [-0.2, -0.15) is 5.10 Å². The van der Waals surface area contributed by atoms with Gasteiger partial charge in [0.05, 0.1) is 30.3 Å². The van der Waals surface area contributed by atoms with E-state index in [-0.39, 0.29) is 5.91 Å². The lowest BCUT2D eigenvalue weighted by Crippen LogP contribution is -2.22. The molecule has 0 unspecified atom stereocenters. The van der Waals surface area contributed by atoms with Gasteiger partial charge in [0.1, 0.15) is 11.6 Å². The van der Waals surface area contributed by atoms with Crippen molar-refractivity contribution < 1.29 is 9.53 Å². The molecule has 4 rings (SSSR count). The van der Waals surface area contributed by atoms with E-state index in [1.165, 1.54) is 19.3 Å². The van der Waals surface area contributed by atoms with Crippen LogP contribution in [0.25, 0.3) is 17.0 Å². The highest BCUT2D eigenvalue weighted by Crippen LogP contribution is 2.29. The van der Waals surface area contributed by atoms with E-state index >= 15 is 0 Å². The zero-order valence-corrected chi connectivity index (χ0v) is 19.0. The van der Waals surface area contributed by atoms with Crippen LogP contribution in [0.3, 0.4) is 0 Å². The fourth-order valence-electron chi connectivity index (χ4n) is 4.14. The van der Waals surface area contributed by atoms with Crippen molar-refractivity contribution >= 4 is 28.7 Å². The molecule has 0 aliphatic heterocycles. The fourth-order valence-corrected chi connectivity index (χ4v) is 4.14. The van der Waals surface area contributed by atoms with Crippen LogP contribution in [0.1, 0.15) is 43.4 Å². The number of ether oxygens (including phenoxy) is 1. The Labute approximate surface area is 189 Å². The Morgan fingerprint density at radius 3 is 2.62 bits per heavy atom. The monoisotopic (exact) mass is 433 g/mol. The van der Waals surface area contributed by atoms with Gasteiger partial charge in [-0.1, -0.05) is 31.4 Å². The second kappa shape index (κ2) is 9.85. The lowest BCUT2D eigenvalue weighted by molar-refractivity contribution is -0.123. The molecule has 7 nitrogen and oxygen atoms in total. The molecule has 2 heterocycles. The smallest absolute Gasteiger partial charge is 0.246 e. The van der Waals surface area contributed by atoms with Crippen molar-refractivity contribution in [3.63, 3.8) is 0 Å². The van der Waals surface area contributed by atoms with E-state index in [9.17, 15) is 4.79 Å². The first-order valence-electron chi connectivity index (χ1n) is 11.2. The molecule has 0 spiro atoms. The van der Waals surface area contributed by atoms with E-state index in [0.717, 1.165) is 46.6 Å². The third kappa shape index (κ3) is 4.93. The third-order valence-electron chi connectivity index (χ3n) is 5.95. The van der Waals surface area contributed by atoms with Crippen LogP contribution in [-0.4, -0.2) is 52.8 Å². The number of rotatable bonds is 7. The molecule has 1 saturated carbocycles. The summed E-state index contributed by atoms with van der Waals surface area (Å²) >= 11 is 0. The average Bonchev–Trinajstić information content (AvgIpc) is 3.17. The molecule has 0 radical (unpaired) electrons. The van der Waals surface area contributed by atoms with Crippen molar-refractivity contribution in [2.45, 2.75) is 44.7 Å². The van der Waals surface area contributed by atoms with Gasteiger partial charge in [0.25, 0.3) is 0 Å². The Kier molecular flexibility index (Phi) is 6.73. The summed E-state index contributed by atoms with van der Waals surface area (Å²) in [4.78, 5) is 18.4. The van der Waals surface area contributed by atoms with E-state index in [1.54, 1.807) is 38.3 Å². The highest BCUT2D eigenvalue weighted by Gasteiger charge is 2.19. The van der Waals surface area contributed by atoms with Gasteiger partial charge in [0.2, 0.25) is 5.91 Å². The molecule has 32 heavy (non-hydrogen) atoms. The summed E-state index contributed by atoms with van der Waals surface area (Å²) in [6.07, 6.45) is 11.3. The number of aromatic nitrogens is 3. The molecular formula is C25H31N5O2. The van der Waals surface area contributed by atoms with Crippen LogP contribution in [0.2, 0.25) is 0 Å². The quantitative estimate of drug-likeness (QED) is 0.562. The van der Waals surface area contributed by atoms with Crippen LogP contribution in [0, 0.1) is 0 Å². The lowest BCUT2D eigenvalue weighted by atomic mass is 9.95. The molecule has 0 saturated heterocycles. The van der Waals surface area contributed by atoms with E-state index in [4.69, 9.17) is 9.84 Å². The predicted molar refractivity (Wildman–Crippen MR) is 128 cm³/mol. The van der Waals surface area contributed by atoms with E-state index < -0.39 is 0 Å². The minimum absolute atomic E-state index is 0.0754. The Morgan fingerprint density at radius 2 is 1.94 bits per heavy atom. The fraction of sp³-hybridized carbons (Fsp3) is 0.400. The van der Waals surface area contributed by atoms with Crippen molar-refractivity contribution in [2.75, 3.05) is 26.5 Å². The third-order valence-corrected chi connectivity index (χ3v) is 5.95. The largest absolute Gasteiger partial charge is 0.497 e. The van der Waals surface area contributed by atoms with E-state index in [0.29, 0.717) is 12.6 Å². The second-order valence-corrected chi connectivity index (χ2v) is 8.49. The molecule has 0 atom stereocenters. The predicted octanol–water partition coefficient (Wildman–Crippen LogP) is 4.33. The maximum Gasteiger partial charge on any atom is 0.246 e. The van der Waals surface area contributed by atoms with Crippen LogP contribution < -0.4 is 10.1 Å². The van der Waals surface area contributed by atoms with Crippen LogP contribution in [0.15, 0.2) is 42.6 Å². The summed E-state index contributed by atoms with van der Waals surface area (Å²) in [6, 6.07) is 10.4. The molecule has 1 aliphatic carbocycles. The molecule has 0 bridgehead atoms. The maximum absolute atomic E-state index is 12.2. The summed E-state index contributed by atoms with van der Waals surface area (Å²) in [5, 5.41) is 9.47. The number of hydrogen-bond donors (Lipinski definition) is 1. The Morgan fingerprint density at radius 1 is 1.19 bits per heavy atom. The zero-order chi connectivity index (χ0) is 22.5. The minimum Gasteiger partial charge on any atom is -0.497 e. The Bertz CT molecular complexity index is 1100. The van der Waals surface area contributed by atoms with Crippen molar-refractivity contribution in [1.82, 2.24) is 19.7 Å². The van der Waals surface area contributed by atoms with Crippen LogP contribution in [0.5, 0.6) is 5.75 Å². The van der Waals surface area contributed by atoms with Crippen molar-refractivity contribution in [2.24, 2.45) is 0 Å². The van der Waals surface area contributed by atoms with Gasteiger partial charge in [0.15, 0.2) is 0 Å². The number of carbonyl (C=O) groups excluding carboxylic acids is 1. The maximum atomic E-state index is 12.2. The highest BCUT2D eigenvalue weighted by atomic mass is 16.5. The first kappa shape index (κ1) is 21.9. The molecule has 7 heteroatoms. The summed E-state index contributed by atoms with van der Waals surface area (Å²) in [5.74, 6) is 1.59. The van der Waals surface area contributed by atoms with Gasteiger partial charge in [-0.05, 0) is 42.7 Å². The number of methoxy groups -OCH3 is 1. The van der Waals surface area contributed by atoms with Gasteiger partial charge in [0, 0.05) is 32.4 Å². The molecule has 1 amide bonds. The zero-order valence-electron chi connectivity index (χ0n) is 19.0. The van der Waals surface area contributed by atoms with Gasteiger partial charge >= 0.3 is 0 Å². The number of amides is 1. The summed E-state index contributed by atoms with van der Waals surface area (Å²) in [5.41, 5.74) is 2.86. The van der Waals surface area contributed by atoms with Crippen LogP contribution in [-0.2, 0) is 11.3 Å². The molecule has 1 fully saturated rings. The summed E-state index contributed by atoms with van der Waals surface area (Å²) in [7, 11) is 5.15. The first-order valence-corrected chi connectivity index (χ1v) is 11.2. The number of benzene rings is 1. The molecule has 168 valence electrons. The molecule has 1 aromatic carbocycles. The number of nitrogens with zero attached hydrogens (tertiary/aromatic N) is 4. The molecule has 1 aliphatic rings. The molecular weight excluding hydrogens is 402 g/mol. The van der Waals surface area contributed by atoms with Crippen molar-refractivity contribution in [3.8, 4) is 5.75 Å². The Hall–Kier alpha value is -3.35. The lowest BCUT2D eigenvalue weighted by Gasteiger charge is -2.23. The van der Waals surface area contributed by atoms with Gasteiger partial charge < -0.3 is 15.0 Å². The highest BCUT2D eigenvalue weighted by molar-refractivity contribution is 5.99. The number of anilines is 1. The number of nitrogens with one attached hydrogen (secondary N) is 1. The minimum atomic E-state index is -0.0754. The number of fused-ring (bicyclic) bond motifs is 1. The normalized spacial score (nSPS) is 14.7. The van der Waals surface area contributed by atoms with Crippen LogP contribution in [0.4, 0.5) is 5.82 Å². The SMILES string of the molecule is COc1ccc(Cn2nc(/C=C/C(=O)N(C)C)c3c(NC4CCCCC4)nccc32)cc1. The molecule has 3 aromatic rings. The van der Waals surface area contributed by atoms with Gasteiger partial charge in [-0.15, -0.1) is 0 Å². The van der Waals surface area contributed by atoms with Gasteiger partial charge in [-0.3, -0.25) is 9.48 Å². The summed E-state index contributed by atoms with van der Waals surface area (Å²) < 4.78 is 7.25. The van der Waals surface area contributed by atoms with Crippen molar-refractivity contribution in [1.29, 1.82) is 0 Å².